The van der Waals surface area contributed by atoms with Gasteiger partial charge in [0.05, 0.1) is 16.9 Å². The zero-order valence-corrected chi connectivity index (χ0v) is 16.1. The SMILES string of the molecule is Cc1nn(C)c2c(C(C)C)cc(NNC(=O)Nc3cc(Cl)[nH]c(=O)c3)nc12. The van der Waals surface area contributed by atoms with E-state index in [1.165, 1.54) is 12.1 Å². The number of urea groups is 1. The van der Waals surface area contributed by atoms with Crippen LogP contribution >= 0.6 is 11.6 Å². The number of halogens is 1. The summed E-state index contributed by atoms with van der Waals surface area (Å²) < 4.78 is 1.81. The quantitative estimate of drug-likeness (QED) is 0.404. The minimum Gasteiger partial charge on any atom is -0.313 e. The largest absolute Gasteiger partial charge is 0.337 e. The average Bonchev–Trinajstić information content (AvgIpc) is 2.85. The average molecular weight is 390 g/mol. The first-order valence-electron chi connectivity index (χ1n) is 8.31. The number of hydrazine groups is 1. The summed E-state index contributed by atoms with van der Waals surface area (Å²) in [6.07, 6.45) is 0. The Morgan fingerprint density at radius 3 is 2.70 bits per heavy atom. The summed E-state index contributed by atoms with van der Waals surface area (Å²) >= 11 is 5.77. The maximum absolute atomic E-state index is 12.1. The van der Waals surface area contributed by atoms with Gasteiger partial charge in [-0.25, -0.2) is 9.78 Å². The van der Waals surface area contributed by atoms with Gasteiger partial charge in [-0.3, -0.25) is 20.3 Å². The number of carbonyl (C=O) groups is 1. The Morgan fingerprint density at radius 2 is 2.04 bits per heavy atom. The molecule has 10 heteroatoms. The molecular formula is C17H20ClN7O2. The third kappa shape index (κ3) is 4.03. The van der Waals surface area contributed by atoms with Gasteiger partial charge in [-0.1, -0.05) is 25.4 Å². The predicted octanol–water partition coefficient (Wildman–Crippen LogP) is 2.89. The van der Waals surface area contributed by atoms with Gasteiger partial charge < -0.3 is 10.3 Å². The van der Waals surface area contributed by atoms with Crippen molar-refractivity contribution in [2.24, 2.45) is 7.05 Å². The van der Waals surface area contributed by atoms with Crippen LogP contribution < -0.4 is 21.7 Å². The maximum Gasteiger partial charge on any atom is 0.337 e. The molecule has 0 atom stereocenters. The third-order valence-corrected chi connectivity index (χ3v) is 4.19. The van der Waals surface area contributed by atoms with Gasteiger partial charge >= 0.3 is 6.03 Å². The van der Waals surface area contributed by atoms with Gasteiger partial charge in [-0.2, -0.15) is 5.10 Å². The molecule has 0 bridgehead atoms. The van der Waals surface area contributed by atoms with E-state index in [1.54, 1.807) is 0 Å². The van der Waals surface area contributed by atoms with E-state index in [9.17, 15) is 9.59 Å². The summed E-state index contributed by atoms with van der Waals surface area (Å²) in [4.78, 5) is 30.4. The molecule has 0 aromatic carbocycles. The fourth-order valence-electron chi connectivity index (χ4n) is 2.84. The normalized spacial score (nSPS) is 11.0. The lowest BCUT2D eigenvalue weighted by molar-refractivity contribution is 0.254. The Hall–Kier alpha value is -3.07. The van der Waals surface area contributed by atoms with Gasteiger partial charge in [0.25, 0.3) is 5.56 Å². The molecule has 27 heavy (non-hydrogen) atoms. The van der Waals surface area contributed by atoms with Gasteiger partial charge in [0.2, 0.25) is 0 Å². The van der Waals surface area contributed by atoms with E-state index in [0.717, 1.165) is 22.3 Å². The number of amides is 2. The van der Waals surface area contributed by atoms with Crippen LogP contribution in [0, 0.1) is 6.92 Å². The van der Waals surface area contributed by atoms with Crippen LogP contribution in [0.15, 0.2) is 23.0 Å². The molecule has 0 saturated heterocycles. The first-order chi connectivity index (χ1) is 12.7. The summed E-state index contributed by atoms with van der Waals surface area (Å²) in [5.74, 6) is 0.735. The highest BCUT2D eigenvalue weighted by molar-refractivity contribution is 6.29. The van der Waals surface area contributed by atoms with Gasteiger partial charge in [0.1, 0.15) is 16.5 Å². The highest BCUT2D eigenvalue weighted by atomic mass is 35.5. The lowest BCUT2D eigenvalue weighted by Gasteiger charge is -2.13. The number of carbonyl (C=O) groups excluding carboxylic acids is 1. The Bertz CT molecular complexity index is 1070. The summed E-state index contributed by atoms with van der Waals surface area (Å²) in [6.45, 7) is 6.05. The van der Waals surface area contributed by atoms with Crippen molar-refractivity contribution in [3.8, 4) is 0 Å². The Labute approximate surface area is 160 Å². The van der Waals surface area contributed by atoms with Gasteiger partial charge in [0.15, 0.2) is 0 Å². The van der Waals surface area contributed by atoms with E-state index in [4.69, 9.17) is 11.6 Å². The molecule has 0 saturated carbocycles. The molecule has 2 amide bonds. The molecule has 4 N–H and O–H groups in total. The van der Waals surface area contributed by atoms with Crippen molar-refractivity contribution in [3.05, 3.63) is 45.0 Å². The van der Waals surface area contributed by atoms with Crippen LogP contribution in [-0.2, 0) is 7.05 Å². The minimum atomic E-state index is -0.562. The molecule has 0 aliphatic carbocycles. The van der Waals surface area contributed by atoms with Crippen molar-refractivity contribution < 1.29 is 4.79 Å². The second kappa shape index (κ2) is 7.28. The third-order valence-electron chi connectivity index (χ3n) is 3.98. The van der Waals surface area contributed by atoms with Crippen LogP contribution in [0.1, 0.15) is 31.0 Å². The summed E-state index contributed by atoms with van der Waals surface area (Å²) in [5.41, 5.74) is 8.76. The number of aromatic amines is 1. The number of rotatable bonds is 4. The van der Waals surface area contributed by atoms with Crippen LogP contribution in [0.25, 0.3) is 11.0 Å². The molecule has 0 aliphatic rings. The number of H-pyrrole nitrogens is 1. The molecular weight excluding hydrogens is 370 g/mol. The van der Waals surface area contributed by atoms with Crippen molar-refractivity contribution in [2.45, 2.75) is 26.7 Å². The molecule has 3 aromatic heterocycles. The molecule has 0 radical (unpaired) electrons. The number of hydrogen-bond acceptors (Lipinski definition) is 5. The van der Waals surface area contributed by atoms with Crippen molar-refractivity contribution >= 4 is 40.2 Å². The van der Waals surface area contributed by atoms with E-state index in [2.05, 4.69) is 45.1 Å². The standard InChI is InChI=1S/C17H20ClN7O2/c1-8(2)11-7-13(21-15-9(3)24-25(4)16(11)15)22-23-17(27)19-10-5-12(18)20-14(26)6-10/h5-8H,1-4H3,(H,21,22)(H3,19,20,23,26,27). The van der Waals surface area contributed by atoms with Crippen LogP contribution in [0.4, 0.5) is 16.3 Å². The second-order valence-electron chi connectivity index (χ2n) is 6.44. The van der Waals surface area contributed by atoms with Gasteiger partial charge in [0, 0.05) is 13.1 Å². The first-order valence-corrected chi connectivity index (χ1v) is 8.69. The van der Waals surface area contributed by atoms with Crippen molar-refractivity contribution in [1.29, 1.82) is 0 Å². The Balaban J connectivity index is 1.79. The summed E-state index contributed by atoms with van der Waals surface area (Å²) in [5, 5.41) is 7.08. The second-order valence-corrected chi connectivity index (χ2v) is 6.85. The number of pyridine rings is 2. The Morgan fingerprint density at radius 1 is 1.30 bits per heavy atom. The monoisotopic (exact) mass is 389 g/mol. The highest BCUT2D eigenvalue weighted by Crippen LogP contribution is 2.28. The number of fused-ring (bicyclic) bond motifs is 1. The van der Waals surface area contributed by atoms with Crippen molar-refractivity contribution in [1.82, 2.24) is 25.2 Å². The molecule has 3 aromatic rings. The van der Waals surface area contributed by atoms with E-state index in [-0.39, 0.29) is 16.8 Å². The maximum atomic E-state index is 12.1. The van der Waals surface area contributed by atoms with E-state index >= 15 is 0 Å². The molecule has 0 spiro atoms. The zero-order chi connectivity index (χ0) is 19.7. The fraction of sp³-hybridized carbons (Fsp3) is 0.294. The first kappa shape index (κ1) is 18.7. The van der Waals surface area contributed by atoms with E-state index < -0.39 is 11.6 Å². The summed E-state index contributed by atoms with van der Waals surface area (Å²) in [7, 11) is 1.88. The molecule has 3 heterocycles. The smallest absolute Gasteiger partial charge is 0.313 e. The summed E-state index contributed by atoms with van der Waals surface area (Å²) in [6, 6.07) is 3.97. The van der Waals surface area contributed by atoms with Crippen LogP contribution in [0.5, 0.6) is 0 Å². The number of nitrogens with zero attached hydrogens (tertiary/aromatic N) is 3. The lowest BCUT2D eigenvalue weighted by Crippen LogP contribution is -2.34. The highest BCUT2D eigenvalue weighted by Gasteiger charge is 2.16. The number of aromatic nitrogens is 4. The Kier molecular flexibility index (Phi) is 5.04. The predicted molar refractivity (Wildman–Crippen MR) is 105 cm³/mol. The van der Waals surface area contributed by atoms with Gasteiger partial charge in [-0.15, -0.1) is 0 Å². The number of nitrogens with one attached hydrogen (secondary N) is 4. The molecule has 3 rings (SSSR count). The van der Waals surface area contributed by atoms with E-state index in [0.29, 0.717) is 5.82 Å². The van der Waals surface area contributed by atoms with Crippen molar-refractivity contribution in [3.63, 3.8) is 0 Å². The minimum absolute atomic E-state index is 0.131. The van der Waals surface area contributed by atoms with E-state index in [1.807, 2.05) is 24.7 Å². The van der Waals surface area contributed by atoms with Crippen molar-refractivity contribution in [2.75, 3.05) is 10.7 Å². The van der Waals surface area contributed by atoms with Crippen LogP contribution in [0.2, 0.25) is 5.15 Å². The zero-order valence-electron chi connectivity index (χ0n) is 15.3. The molecule has 9 nitrogen and oxygen atoms in total. The number of hydrogen-bond donors (Lipinski definition) is 4. The molecule has 0 unspecified atom stereocenters. The number of anilines is 2. The van der Waals surface area contributed by atoms with Crippen LogP contribution in [-0.4, -0.2) is 25.8 Å². The van der Waals surface area contributed by atoms with Crippen LogP contribution in [0.3, 0.4) is 0 Å². The van der Waals surface area contributed by atoms with Gasteiger partial charge in [-0.05, 0) is 30.5 Å². The topological polar surface area (TPSA) is 117 Å². The molecule has 0 fully saturated rings. The number of aryl methyl sites for hydroxylation is 2. The molecule has 142 valence electrons. The fourth-order valence-corrected chi connectivity index (χ4v) is 3.05. The lowest BCUT2D eigenvalue weighted by atomic mass is 10.0. The molecule has 0 aliphatic heterocycles.